The smallest absolute Gasteiger partial charge is 0.191 e. The number of hydrogen-bond donors (Lipinski definition) is 2. The zero-order valence-corrected chi connectivity index (χ0v) is 19.7. The van der Waals surface area contributed by atoms with Crippen LogP contribution >= 0.6 is 24.0 Å². The van der Waals surface area contributed by atoms with E-state index in [1.165, 1.54) is 45.3 Å². The monoisotopic (exact) mass is 511 g/mol. The van der Waals surface area contributed by atoms with Gasteiger partial charge in [-0.1, -0.05) is 12.8 Å². The van der Waals surface area contributed by atoms with Gasteiger partial charge in [0.2, 0.25) is 0 Å². The predicted octanol–water partition coefficient (Wildman–Crippen LogP) is 3.21. The van der Waals surface area contributed by atoms with Gasteiger partial charge in [-0.25, -0.2) is 14.7 Å². The number of pyridine rings is 1. The number of aromatic nitrogens is 3. The van der Waals surface area contributed by atoms with E-state index in [0.717, 1.165) is 36.9 Å². The highest BCUT2D eigenvalue weighted by Gasteiger charge is 2.08. The minimum absolute atomic E-state index is 0. The molecular formula is C21H34IN7. The van der Waals surface area contributed by atoms with Crippen molar-refractivity contribution in [1.29, 1.82) is 0 Å². The van der Waals surface area contributed by atoms with E-state index < -0.39 is 0 Å². The van der Waals surface area contributed by atoms with Gasteiger partial charge in [0.15, 0.2) is 11.8 Å². The van der Waals surface area contributed by atoms with E-state index in [2.05, 4.69) is 32.5 Å². The molecule has 7 nitrogen and oxygen atoms in total. The molecule has 0 aromatic carbocycles. The molecule has 0 saturated carbocycles. The summed E-state index contributed by atoms with van der Waals surface area (Å²) in [5, 5.41) is 11.0. The third kappa shape index (κ3) is 8.30. The van der Waals surface area contributed by atoms with Crippen LogP contribution in [0.1, 0.15) is 44.6 Å². The summed E-state index contributed by atoms with van der Waals surface area (Å²) in [4.78, 5) is 11.7. The lowest BCUT2D eigenvalue weighted by molar-refractivity contribution is 0.282. The van der Waals surface area contributed by atoms with E-state index in [9.17, 15) is 0 Å². The van der Waals surface area contributed by atoms with Crippen LogP contribution in [0.3, 0.4) is 0 Å². The number of likely N-dealkylation sites (tertiary alicyclic amines) is 1. The van der Waals surface area contributed by atoms with Crippen molar-refractivity contribution in [1.82, 2.24) is 30.3 Å². The van der Waals surface area contributed by atoms with Crippen LogP contribution in [-0.2, 0) is 6.54 Å². The summed E-state index contributed by atoms with van der Waals surface area (Å²) in [6, 6.07) is 5.92. The van der Waals surface area contributed by atoms with Crippen molar-refractivity contribution in [2.45, 2.75) is 45.6 Å². The predicted molar refractivity (Wildman–Crippen MR) is 129 cm³/mol. The first-order valence-corrected chi connectivity index (χ1v) is 10.5. The molecule has 0 radical (unpaired) electrons. The molecule has 0 atom stereocenters. The average Bonchev–Trinajstić information content (AvgIpc) is 3.14. The van der Waals surface area contributed by atoms with E-state index in [0.29, 0.717) is 6.54 Å². The van der Waals surface area contributed by atoms with Gasteiger partial charge in [0.05, 0.1) is 6.54 Å². The third-order valence-corrected chi connectivity index (χ3v) is 4.96. The maximum absolute atomic E-state index is 4.73. The van der Waals surface area contributed by atoms with Gasteiger partial charge in [-0.3, -0.25) is 0 Å². The largest absolute Gasteiger partial charge is 0.357 e. The van der Waals surface area contributed by atoms with Crippen LogP contribution in [0.4, 0.5) is 0 Å². The van der Waals surface area contributed by atoms with Gasteiger partial charge in [0, 0.05) is 31.7 Å². The minimum atomic E-state index is 0. The number of rotatable bonds is 8. The number of guanidine groups is 1. The van der Waals surface area contributed by atoms with Crippen molar-refractivity contribution in [3.05, 3.63) is 42.4 Å². The van der Waals surface area contributed by atoms with Crippen LogP contribution in [0.2, 0.25) is 0 Å². The molecule has 1 aliphatic rings. The van der Waals surface area contributed by atoms with E-state index in [4.69, 9.17) is 4.99 Å². The number of halogens is 1. The van der Waals surface area contributed by atoms with Gasteiger partial charge in [-0.15, -0.1) is 24.0 Å². The van der Waals surface area contributed by atoms with Crippen LogP contribution in [0.15, 0.2) is 41.8 Å². The normalized spacial score (nSPS) is 15.4. The molecule has 0 spiro atoms. The molecule has 0 aliphatic carbocycles. The topological polar surface area (TPSA) is 70.4 Å². The van der Waals surface area contributed by atoms with Crippen LogP contribution < -0.4 is 10.6 Å². The number of aliphatic imine (C=N–C) groups is 1. The van der Waals surface area contributed by atoms with E-state index >= 15 is 0 Å². The van der Waals surface area contributed by atoms with E-state index in [1.54, 1.807) is 10.9 Å². The standard InChI is InChI=1S/C21H33N7.HI/c1-2-22-21(24-10-7-15-27-13-5-3-4-6-14-27)25-18-19-9-12-23-20(17-19)28-16-8-11-26-28;/h8-9,11-12,16-17H,2-7,10,13-15,18H2,1H3,(H2,22,24,25);1H. The van der Waals surface area contributed by atoms with Gasteiger partial charge in [-0.05, 0) is 69.6 Å². The molecule has 2 aromatic heterocycles. The molecule has 29 heavy (non-hydrogen) atoms. The molecule has 3 rings (SSSR count). The quantitative estimate of drug-likeness (QED) is 0.247. The summed E-state index contributed by atoms with van der Waals surface area (Å²) in [7, 11) is 0. The first-order valence-electron chi connectivity index (χ1n) is 10.5. The number of hydrogen-bond acceptors (Lipinski definition) is 4. The molecular weight excluding hydrogens is 477 g/mol. The van der Waals surface area contributed by atoms with Crippen molar-refractivity contribution in [2.75, 3.05) is 32.7 Å². The highest BCUT2D eigenvalue weighted by atomic mass is 127. The lowest BCUT2D eigenvalue weighted by Crippen LogP contribution is -2.39. The van der Waals surface area contributed by atoms with Crippen molar-refractivity contribution in [3.8, 4) is 5.82 Å². The zero-order valence-electron chi connectivity index (χ0n) is 17.4. The van der Waals surface area contributed by atoms with Crippen LogP contribution in [0, 0.1) is 0 Å². The molecule has 0 bridgehead atoms. The average molecular weight is 511 g/mol. The maximum atomic E-state index is 4.73. The van der Waals surface area contributed by atoms with Crippen molar-refractivity contribution < 1.29 is 0 Å². The number of nitrogens with one attached hydrogen (secondary N) is 2. The Morgan fingerprint density at radius 2 is 1.97 bits per heavy atom. The molecule has 8 heteroatoms. The maximum Gasteiger partial charge on any atom is 0.191 e. The highest BCUT2D eigenvalue weighted by Crippen LogP contribution is 2.09. The van der Waals surface area contributed by atoms with Gasteiger partial charge >= 0.3 is 0 Å². The Labute approximate surface area is 191 Å². The molecule has 1 saturated heterocycles. The summed E-state index contributed by atoms with van der Waals surface area (Å²) >= 11 is 0. The highest BCUT2D eigenvalue weighted by molar-refractivity contribution is 14.0. The molecule has 160 valence electrons. The summed E-state index contributed by atoms with van der Waals surface area (Å²) in [6.07, 6.45) is 12.1. The number of nitrogens with zero attached hydrogens (tertiary/aromatic N) is 5. The molecule has 2 aromatic rings. The Hall–Kier alpha value is -1.68. The van der Waals surface area contributed by atoms with E-state index in [-0.39, 0.29) is 24.0 Å². The lowest BCUT2D eigenvalue weighted by Gasteiger charge is -2.20. The molecule has 1 fully saturated rings. The van der Waals surface area contributed by atoms with Crippen molar-refractivity contribution in [3.63, 3.8) is 0 Å². The summed E-state index contributed by atoms with van der Waals surface area (Å²) in [5.74, 6) is 1.68. The SMILES string of the molecule is CCNC(=NCc1ccnc(-n2cccn2)c1)NCCCN1CCCCCC1.I. The van der Waals surface area contributed by atoms with Gasteiger partial charge in [0.25, 0.3) is 0 Å². The Kier molecular flexibility index (Phi) is 11.0. The summed E-state index contributed by atoms with van der Waals surface area (Å²) in [5.41, 5.74) is 1.11. The summed E-state index contributed by atoms with van der Waals surface area (Å²) < 4.78 is 1.76. The van der Waals surface area contributed by atoms with Crippen molar-refractivity contribution in [2.24, 2.45) is 4.99 Å². The van der Waals surface area contributed by atoms with Gasteiger partial charge in [0.1, 0.15) is 0 Å². The fraction of sp³-hybridized carbons (Fsp3) is 0.571. The van der Waals surface area contributed by atoms with Crippen molar-refractivity contribution >= 4 is 29.9 Å². The second kappa shape index (κ2) is 13.5. The first-order chi connectivity index (χ1) is 13.8. The summed E-state index contributed by atoms with van der Waals surface area (Å²) in [6.45, 7) is 8.19. The zero-order chi connectivity index (χ0) is 19.4. The van der Waals surface area contributed by atoms with Crippen LogP contribution in [0.5, 0.6) is 0 Å². The van der Waals surface area contributed by atoms with Gasteiger partial charge in [-0.2, -0.15) is 5.10 Å². The van der Waals surface area contributed by atoms with E-state index in [1.807, 2.05) is 30.6 Å². The molecule has 0 unspecified atom stereocenters. The van der Waals surface area contributed by atoms with Crippen LogP contribution in [-0.4, -0.2) is 58.3 Å². The fourth-order valence-electron chi connectivity index (χ4n) is 3.47. The van der Waals surface area contributed by atoms with Crippen LogP contribution in [0.25, 0.3) is 5.82 Å². The Morgan fingerprint density at radius 1 is 1.14 bits per heavy atom. The molecule has 1 aliphatic heterocycles. The second-order valence-electron chi connectivity index (χ2n) is 7.20. The lowest BCUT2D eigenvalue weighted by atomic mass is 10.2. The Balaban J connectivity index is 0.00000300. The fourth-order valence-corrected chi connectivity index (χ4v) is 3.47. The minimum Gasteiger partial charge on any atom is -0.357 e. The third-order valence-electron chi connectivity index (χ3n) is 4.96. The first kappa shape index (κ1) is 23.6. The Bertz CT molecular complexity index is 710. The Morgan fingerprint density at radius 3 is 2.69 bits per heavy atom. The molecule has 0 amide bonds. The molecule has 3 heterocycles. The second-order valence-corrected chi connectivity index (χ2v) is 7.20. The van der Waals surface area contributed by atoms with Gasteiger partial charge < -0.3 is 15.5 Å². The molecule has 2 N–H and O–H groups in total.